The molecule has 1 aromatic heterocycles. The fourth-order valence-corrected chi connectivity index (χ4v) is 4.95. The predicted octanol–water partition coefficient (Wildman–Crippen LogP) is 4.74. The van der Waals surface area contributed by atoms with Crippen LogP contribution >= 0.6 is 23.1 Å². The van der Waals surface area contributed by atoms with Crippen LogP contribution in [0.2, 0.25) is 0 Å². The second-order valence-corrected chi connectivity index (χ2v) is 8.25. The Morgan fingerprint density at radius 1 is 1.11 bits per heavy atom. The number of hydrogen-bond acceptors (Lipinski definition) is 5. The molecule has 1 heterocycles. The van der Waals surface area contributed by atoms with Gasteiger partial charge in [0.25, 0.3) is 0 Å². The van der Waals surface area contributed by atoms with Crippen LogP contribution in [-0.2, 0) is 11.3 Å². The summed E-state index contributed by atoms with van der Waals surface area (Å²) >= 11 is 3.13. The van der Waals surface area contributed by atoms with Gasteiger partial charge in [-0.05, 0) is 30.7 Å². The first-order chi connectivity index (χ1) is 13.7. The number of amides is 1. The van der Waals surface area contributed by atoms with Crippen LogP contribution in [0, 0.1) is 0 Å². The van der Waals surface area contributed by atoms with Crippen molar-refractivity contribution in [3.63, 3.8) is 0 Å². The van der Waals surface area contributed by atoms with Crippen molar-refractivity contribution < 1.29 is 14.3 Å². The van der Waals surface area contributed by atoms with Gasteiger partial charge in [-0.3, -0.25) is 4.79 Å². The Balaban J connectivity index is 1.90. The number of carbonyl (C=O) groups is 1. The molecule has 0 aliphatic rings. The minimum Gasteiger partial charge on any atom is -0.495 e. The highest BCUT2D eigenvalue weighted by Crippen LogP contribution is 2.35. The zero-order valence-corrected chi connectivity index (χ0v) is 17.9. The number of thioether (sulfide) groups is 1. The zero-order chi connectivity index (χ0) is 19.9. The molecule has 148 valence electrons. The van der Waals surface area contributed by atoms with Gasteiger partial charge < -0.3 is 14.0 Å². The minimum absolute atomic E-state index is 0.113. The van der Waals surface area contributed by atoms with Gasteiger partial charge in [-0.25, -0.2) is 0 Å². The van der Waals surface area contributed by atoms with Crippen LogP contribution in [0.3, 0.4) is 0 Å². The van der Waals surface area contributed by atoms with Crippen molar-refractivity contribution in [3.8, 4) is 11.5 Å². The van der Waals surface area contributed by atoms with Crippen LogP contribution in [0.4, 0.5) is 0 Å². The highest BCUT2D eigenvalue weighted by molar-refractivity contribution is 7.99. The molecule has 5 nitrogen and oxygen atoms in total. The first-order valence-electron chi connectivity index (χ1n) is 9.17. The lowest BCUT2D eigenvalue weighted by atomic mass is 10.3. The SMILES string of the molecule is CCCn1c(=NC(=O)CCSc2ccccc2)sc2c(OC)ccc(OC)c21. The number of ether oxygens (including phenoxy) is 2. The summed E-state index contributed by atoms with van der Waals surface area (Å²) in [4.78, 5) is 18.8. The van der Waals surface area contributed by atoms with E-state index in [1.165, 1.54) is 11.3 Å². The molecule has 7 heteroatoms. The van der Waals surface area contributed by atoms with Crippen molar-refractivity contribution in [3.05, 3.63) is 47.3 Å². The number of aromatic nitrogens is 1. The van der Waals surface area contributed by atoms with Crippen LogP contribution < -0.4 is 14.3 Å². The third kappa shape index (κ3) is 4.59. The molecular weight excluding hydrogens is 392 g/mol. The molecule has 0 bridgehead atoms. The minimum atomic E-state index is -0.113. The van der Waals surface area contributed by atoms with E-state index in [1.54, 1.807) is 26.0 Å². The Labute approximate surface area is 173 Å². The summed E-state index contributed by atoms with van der Waals surface area (Å²) in [5.41, 5.74) is 0.930. The molecule has 0 atom stereocenters. The van der Waals surface area contributed by atoms with Gasteiger partial charge in [-0.2, -0.15) is 4.99 Å². The summed E-state index contributed by atoms with van der Waals surface area (Å²) in [7, 11) is 3.30. The predicted molar refractivity (Wildman–Crippen MR) is 116 cm³/mol. The Morgan fingerprint density at radius 2 is 1.82 bits per heavy atom. The maximum absolute atomic E-state index is 12.5. The van der Waals surface area contributed by atoms with Crippen molar-refractivity contribution in [2.24, 2.45) is 4.99 Å². The van der Waals surface area contributed by atoms with Crippen LogP contribution in [-0.4, -0.2) is 30.4 Å². The summed E-state index contributed by atoms with van der Waals surface area (Å²) in [6, 6.07) is 13.9. The van der Waals surface area contributed by atoms with Crippen LogP contribution in [0.1, 0.15) is 19.8 Å². The Kier molecular flexibility index (Phi) is 7.17. The quantitative estimate of drug-likeness (QED) is 0.498. The van der Waals surface area contributed by atoms with Gasteiger partial charge >= 0.3 is 0 Å². The number of rotatable bonds is 8. The number of carbonyl (C=O) groups excluding carboxylic acids is 1. The van der Waals surface area contributed by atoms with Gasteiger partial charge in [-0.1, -0.05) is 36.5 Å². The molecule has 3 rings (SSSR count). The lowest BCUT2D eigenvalue weighted by Gasteiger charge is -2.09. The number of thiazole rings is 1. The van der Waals surface area contributed by atoms with Gasteiger partial charge in [-0.15, -0.1) is 11.8 Å². The number of hydrogen-bond donors (Lipinski definition) is 0. The van der Waals surface area contributed by atoms with Crippen LogP contribution in [0.5, 0.6) is 11.5 Å². The van der Waals surface area contributed by atoms with Crippen LogP contribution in [0.25, 0.3) is 10.2 Å². The summed E-state index contributed by atoms with van der Waals surface area (Å²) in [5.74, 6) is 2.11. The van der Waals surface area contributed by atoms with Crippen molar-refractivity contribution in [2.75, 3.05) is 20.0 Å². The molecular formula is C21H24N2O3S2. The topological polar surface area (TPSA) is 52.8 Å². The van der Waals surface area contributed by atoms with Crippen molar-refractivity contribution in [2.45, 2.75) is 31.2 Å². The second kappa shape index (κ2) is 9.80. The molecule has 0 radical (unpaired) electrons. The van der Waals surface area contributed by atoms with E-state index in [0.29, 0.717) is 17.0 Å². The lowest BCUT2D eigenvalue weighted by Crippen LogP contribution is -2.17. The molecule has 0 saturated heterocycles. The van der Waals surface area contributed by atoms with E-state index in [4.69, 9.17) is 9.47 Å². The zero-order valence-electron chi connectivity index (χ0n) is 16.3. The number of nitrogens with zero attached hydrogens (tertiary/aromatic N) is 2. The average Bonchev–Trinajstić information content (AvgIpc) is 3.06. The molecule has 0 N–H and O–H groups in total. The van der Waals surface area contributed by atoms with E-state index < -0.39 is 0 Å². The Hall–Kier alpha value is -2.25. The second-order valence-electron chi connectivity index (χ2n) is 6.10. The molecule has 0 fully saturated rings. The van der Waals surface area contributed by atoms with Gasteiger partial charge in [0, 0.05) is 23.6 Å². The van der Waals surface area contributed by atoms with Gasteiger partial charge in [0.1, 0.15) is 21.7 Å². The van der Waals surface area contributed by atoms with Crippen LogP contribution in [0.15, 0.2) is 52.4 Å². The lowest BCUT2D eigenvalue weighted by molar-refractivity contribution is -0.117. The highest BCUT2D eigenvalue weighted by atomic mass is 32.2. The molecule has 0 aliphatic carbocycles. The van der Waals surface area contributed by atoms with E-state index in [2.05, 4.69) is 16.5 Å². The molecule has 2 aromatic carbocycles. The summed E-state index contributed by atoms with van der Waals surface area (Å²) < 4.78 is 14.1. The number of aryl methyl sites for hydroxylation is 1. The first-order valence-corrected chi connectivity index (χ1v) is 11.0. The largest absolute Gasteiger partial charge is 0.495 e. The standard InChI is InChI=1S/C21H24N2O3S2/c1-4-13-23-19-16(25-2)10-11-17(26-3)20(19)28-21(23)22-18(24)12-14-27-15-8-6-5-7-9-15/h5-11H,4,12-14H2,1-3H3. The smallest absolute Gasteiger partial charge is 0.249 e. The first kappa shape index (κ1) is 20.5. The fraction of sp³-hybridized carbons (Fsp3) is 0.333. The number of fused-ring (bicyclic) bond motifs is 1. The molecule has 0 aliphatic heterocycles. The summed E-state index contributed by atoms with van der Waals surface area (Å²) in [6.45, 7) is 2.86. The normalized spacial score (nSPS) is 11.8. The van der Waals surface area contributed by atoms with E-state index in [9.17, 15) is 4.79 Å². The molecule has 0 spiro atoms. The van der Waals surface area contributed by atoms with E-state index in [-0.39, 0.29) is 5.91 Å². The molecule has 1 amide bonds. The molecule has 0 unspecified atom stereocenters. The molecule has 3 aromatic rings. The average molecular weight is 417 g/mol. The van der Waals surface area contributed by atoms with E-state index in [1.807, 2.05) is 42.5 Å². The number of benzene rings is 2. The highest BCUT2D eigenvalue weighted by Gasteiger charge is 2.16. The van der Waals surface area contributed by atoms with E-state index >= 15 is 0 Å². The van der Waals surface area contributed by atoms with Crippen molar-refractivity contribution in [1.82, 2.24) is 4.57 Å². The summed E-state index contributed by atoms with van der Waals surface area (Å²) in [5, 5.41) is 0. The molecule has 28 heavy (non-hydrogen) atoms. The van der Waals surface area contributed by atoms with E-state index in [0.717, 1.165) is 39.6 Å². The number of methoxy groups -OCH3 is 2. The summed E-state index contributed by atoms with van der Waals surface area (Å²) in [6.07, 6.45) is 1.33. The Bertz CT molecular complexity index is 1010. The maximum atomic E-state index is 12.5. The van der Waals surface area contributed by atoms with Crippen molar-refractivity contribution >= 4 is 39.2 Å². The van der Waals surface area contributed by atoms with Crippen molar-refractivity contribution in [1.29, 1.82) is 0 Å². The van der Waals surface area contributed by atoms with Gasteiger partial charge in [0.15, 0.2) is 4.80 Å². The monoisotopic (exact) mass is 416 g/mol. The fourth-order valence-electron chi connectivity index (χ4n) is 2.91. The molecule has 0 saturated carbocycles. The maximum Gasteiger partial charge on any atom is 0.249 e. The third-order valence-electron chi connectivity index (χ3n) is 4.19. The van der Waals surface area contributed by atoms with Gasteiger partial charge in [0.05, 0.1) is 14.2 Å². The van der Waals surface area contributed by atoms with Gasteiger partial charge in [0.2, 0.25) is 5.91 Å². The third-order valence-corrected chi connectivity index (χ3v) is 6.29. The Morgan fingerprint density at radius 3 is 2.50 bits per heavy atom.